The quantitative estimate of drug-likeness (QED) is 0.492. The van der Waals surface area contributed by atoms with Crippen molar-refractivity contribution < 1.29 is 9.97 Å². The molecule has 0 saturated carbocycles. The minimum absolute atomic E-state index is 0.108. The Hall–Kier alpha value is -2.40. The van der Waals surface area contributed by atoms with Crippen LogP contribution in [0.5, 0.6) is 0 Å². The third-order valence-corrected chi connectivity index (χ3v) is 2.43. The highest BCUT2D eigenvalue weighted by Crippen LogP contribution is 2.16. The molecule has 0 aliphatic rings. The summed E-state index contributed by atoms with van der Waals surface area (Å²) in [5, 5.41) is 24.5. The molecule has 2 rings (SSSR count). The molecule has 0 aliphatic carbocycles. The molecule has 0 spiro atoms. The Labute approximate surface area is 105 Å². The number of anilines is 1. The minimum Gasteiger partial charge on any atom is -0.691 e. The third-order valence-electron chi connectivity index (χ3n) is 2.43. The van der Waals surface area contributed by atoms with Gasteiger partial charge in [0.1, 0.15) is 0 Å². The Balaban J connectivity index is 2.15. The van der Waals surface area contributed by atoms with E-state index < -0.39 is 0 Å². The Morgan fingerprint density at radius 3 is 2.44 bits per heavy atom. The average Bonchev–Trinajstić information content (AvgIpc) is 2.46. The van der Waals surface area contributed by atoms with Gasteiger partial charge in [0.25, 0.3) is 0 Å². The number of nitrogens with one attached hydrogen (secondary N) is 1. The molecule has 0 saturated heterocycles. The van der Waals surface area contributed by atoms with Crippen LogP contribution in [0.3, 0.4) is 0 Å². The molecule has 0 heterocycles. The zero-order valence-corrected chi connectivity index (χ0v) is 9.65. The van der Waals surface area contributed by atoms with Crippen molar-refractivity contribution >= 4 is 11.4 Å². The van der Waals surface area contributed by atoms with E-state index in [1.165, 1.54) is 0 Å². The van der Waals surface area contributed by atoms with Crippen LogP contribution in [0.1, 0.15) is 5.56 Å². The fourth-order valence-electron chi connectivity index (χ4n) is 1.48. The largest absolute Gasteiger partial charge is 0.691 e. The van der Waals surface area contributed by atoms with Gasteiger partial charge in [0.2, 0.25) is 0 Å². The highest BCUT2D eigenvalue weighted by atomic mass is 16.5. The molecule has 0 aliphatic heterocycles. The molecular formula is C13H13N3O2. The van der Waals surface area contributed by atoms with E-state index in [1.54, 1.807) is 42.5 Å². The van der Waals surface area contributed by atoms with Crippen LogP contribution in [0.4, 0.5) is 11.4 Å². The summed E-state index contributed by atoms with van der Waals surface area (Å²) < 4.78 is 0. The first kappa shape index (κ1) is 12.1. The zero-order chi connectivity index (χ0) is 12.8. The molecule has 0 unspecified atom stereocenters. The van der Waals surface area contributed by atoms with Crippen LogP contribution >= 0.6 is 0 Å². The van der Waals surface area contributed by atoms with Crippen molar-refractivity contribution in [2.45, 2.75) is 6.61 Å². The van der Waals surface area contributed by atoms with Gasteiger partial charge in [-0.3, -0.25) is 0 Å². The van der Waals surface area contributed by atoms with Crippen LogP contribution < -0.4 is 5.43 Å². The summed E-state index contributed by atoms with van der Waals surface area (Å²) in [5.74, 6) is 0. The minimum atomic E-state index is -0.108. The summed E-state index contributed by atoms with van der Waals surface area (Å²) >= 11 is 0. The number of rotatable bonds is 4. The maximum absolute atomic E-state index is 11.6. The van der Waals surface area contributed by atoms with Gasteiger partial charge >= 0.3 is 0 Å². The topological polar surface area (TPSA) is 70.7 Å². The SMILES string of the molecule is [O-]/[N+](=N\Nc1ccccc1CO)c1ccccc1. The van der Waals surface area contributed by atoms with Gasteiger partial charge in [-0.2, -0.15) is 0 Å². The van der Waals surface area contributed by atoms with Gasteiger partial charge in [0, 0.05) is 5.56 Å². The second-order valence-electron chi connectivity index (χ2n) is 3.64. The van der Waals surface area contributed by atoms with Crippen LogP contribution in [0.25, 0.3) is 0 Å². The van der Waals surface area contributed by atoms with Crippen molar-refractivity contribution in [1.29, 1.82) is 0 Å². The maximum atomic E-state index is 11.6. The summed E-state index contributed by atoms with van der Waals surface area (Å²) in [6, 6.07) is 15.8. The van der Waals surface area contributed by atoms with Gasteiger partial charge in [-0.1, -0.05) is 36.4 Å². The van der Waals surface area contributed by atoms with Gasteiger partial charge in [-0.15, -0.1) is 10.3 Å². The van der Waals surface area contributed by atoms with E-state index in [9.17, 15) is 5.21 Å². The highest BCUT2D eigenvalue weighted by Gasteiger charge is 2.04. The molecule has 5 heteroatoms. The fraction of sp³-hybridized carbons (Fsp3) is 0.0769. The van der Waals surface area contributed by atoms with E-state index in [0.29, 0.717) is 21.8 Å². The number of hydrogen-bond donors (Lipinski definition) is 2. The molecule has 0 radical (unpaired) electrons. The average molecular weight is 243 g/mol. The number of aliphatic hydroxyl groups is 1. The number of para-hydroxylation sites is 2. The van der Waals surface area contributed by atoms with Crippen molar-refractivity contribution in [3.05, 3.63) is 65.4 Å². The van der Waals surface area contributed by atoms with Crippen molar-refractivity contribution in [1.82, 2.24) is 0 Å². The lowest BCUT2D eigenvalue weighted by atomic mass is 10.2. The fourth-order valence-corrected chi connectivity index (χ4v) is 1.48. The molecule has 5 nitrogen and oxygen atoms in total. The van der Waals surface area contributed by atoms with Crippen molar-refractivity contribution in [2.24, 2.45) is 5.22 Å². The predicted octanol–water partition coefficient (Wildman–Crippen LogP) is 2.80. The zero-order valence-electron chi connectivity index (χ0n) is 9.65. The van der Waals surface area contributed by atoms with Crippen LogP contribution in [-0.2, 0) is 6.61 Å². The van der Waals surface area contributed by atoms with Crippen LogP contribution in [-0.4, -0.2) is 9.97 Å². The molecule has 0 bridgehead atoms. The van der Waals surface area contributed by atoms with Gasteiger partial charge < -0.3 is 10.3 Å². The number of aliphatic hydroxyl groups excluding tert-OH is 1. The smallest absolute Gasteiger partial charge is 0.154 e. The van der Waals surface area contributed by atoms with Crippen molar-refractivity contribution in [3.63, 3.8) is 0 Å². The van der Waals surface area contributed by atoms with E-state index in [0.717, 1.165) is 0 Å². The van der Waals surface area contributed by atoms with E-state index in [1.807, 2.05) is 12.1 Å². The molecule has 0 amide bonds. The van der Waals surface area contributed by atoms with Crippen LogP contribution in [0, 0.1) is 5.21 Å². The Bertz CT molecular complexity index is 541. The van der Waals surface area contributed by atoms with E-state index in [-0.39, 0.29) is 6.61 Å². The number of nitrogens with zero attached hydrogens (tertiary/aromatic N) is 2. The van der Waals surface area contributed by atoms with E-state index >= 15 is 0 Å². The molecule has 2 aromatic rings. The lowest BCUT2D eigenvalue weighted by molar-refractivity contribution is -0.439. The molecule has 0 atom stereocenters. The summed E-state index contributed by atoms with van der Waals surface area (Å²) in [7, 11) is 0. The first-order valence-electron chi connectivity index (χ1n) is 5.49. The molecule has 92 valence electrons. The number of hydrogen-bond acceptors (Lipinski definition) is 3. The lowest BCUT2D eigenvalue weighted by Gasteiger charge is -2.05. The van der Waals surface area contributed by atoms with Gasteiger partial charge in [-0.25, -0.2) is 0 Å². The van der Waals surface area contributed by atoms with E-state index in [4.69, 9.17) is 5.11 Å². The lowest BCUT2D eigenvalue weighted by Crippen LogP contribution is -2.00. The molecule has 0 fully saturated rings. The third kappa shape index (κ3) is 2.83. The normalized spacial score (nSPS) is 11.3. The molecule has 2 aromatic carbocycles. The summed E-state index contributed by atoms with van der Waals surface area (Å²) in [4.78, 5) is 0.494. The van der Waals surface area contributed by atoms with E-state index in [2.05, 4.69) is 10.6 Å². The van der Waals surface area contributed by atoms with Gasteiger partial charge in [0.15, 0.2) is 11.4 Å². The van der Waals surface area contributed by atoms with Gasteiger partial charge in [0.05, 0.1) is 11.8 Å². The van der Waals surface area contributed by atoms with Crippen molar-refractivity contribution in [3.8, 4) is 0 Å². The second kappa shape index (κ2) is 5.79. The Kier molecular flexibility index (Phi) is 3.88. The monoisotopic (exact) mass is 243 g/mol. The molecule has 0 aromatic heterocycles. The second-order valence-corrected chi connectivity index (χ2v) is 3.64. The van der Waals surface area contributed by atoms with Crippen molar-refractivity contribution in [2.75, 3.05) is 5.43 Å². The Morgan fingerprint density at radius 1 is 1.06 bits per heavy atom. The summed E-state index contributed by atoms with van der Waals surface area (Å²) in [5.41, 5.74) is 4.37. The standard InChI is InChI=1S/C13H13N3O2/c17-10-11-6-4-5-9-13(11)14-15-16(18)12-7-2-1-3-8-12/h1-9,14,17H,10H2/b16-15-. The van der Waals surface area contributed by atoms with Crippen LogP contribution in [0.15, 0.2) is 59.8 Å². The molecule has 2 N–H and O–H groups in total. The first-order chi connectivity index (χ1) is 8.81. The van der Waals surface area contributed by atoms with Gasteiger partial charge in [-0.05, 0) is 18.2 Å². The molecule has 18 heavy (non-hydrogen) atoms. The predicted molar refractivity (Wildman–Crippen MR) is 68.1 cm³/mol. The summed E-state index contributed by atoms with van der Waals surface area (Å²) in [6.45, 7) is -0.108. The highest BCUT2D eigenvalue weighted by molar-refractivity contribution is 5.49. The first-order valence-corrected chi connectivity index (χ1v) is 5.49. The number of benzene rings is 2. The maximum Gasteiger partial charge on any atom is 0.154 e. The summed E-state index contributed by atoms with van der Waals surface area (Å²) in [6.07, 6.45) is 0. The van der Waals surface area contributed by atoms with Crippen LogP contribution in [0.2, 0.25) is 0 Å². The molecular weight excluding hydrogens is 230 g/mol. The Morgan fingerprint density at radius 2 is 1.72 bits per heavy atom.